The lowest BCUT2D eigenvalue weighted by atomic mass is 10.2. The van der Waals surface area contributed by atoms with Crippen molar-refractivity contribution in [2.45, 2.75) is 6.92 Å². The van der Waals surface area contributed by atoms with E-state index in [9.17, 15) is 4.79 Å². The Labute approximate surface area is 125 Å². The van der Waals surface area contributed by atoms with Gasteiger partial charge in [0.25, 0.3) is 0 Å². The molecule has 3 nitrogen and oxygen atoms in total. The molecule has 0 atom stereocenters. The van der Waals surface area contributed by atoms with E-state index in [0.29, 0.717) is 10.7 Å². The molecule has 2 aromatic carbocycles. The number of urea groups is 1. The Morgan fingerprint density at radius 1 is 1.11 bits per heavy atom. The molecule has 2 rings (SSSR count). The van der Waals surface area contributed by atoms with Gasteiger partial charge in [-0.05, 0) is 42.8 Å². The van der Waals surface area contributed by atoms with Crippen LogP contribution in [0.1, 0.15) is 5.56 Å². The average molecular weight is 340 g/mol. The van der Waals surface area contributed by atoms with E-state index in [0.717, 1.165) is 15.7 Å². The van der Waals surface area contributed by atoms with Crippen molar-refractivity contribution in [2.75, 3.05) is 10.6 Å². The summed E-state index contributed by atoms with van der Waals surface area (Å²) in [6.45, 7) is 1.93. The van der Waals surface area contributed by atoms with Gasteiger partial charge in [-0.3, -0.25) is 0 Å². The summed E-state index contributed by atoms with van der Waals surface area (Å²) in [5, 5.41) is 6.00. The number of benzene rings is 2. The molecule has 0 aromatic heterocycles. The fraction of sp³-hybridized carbons (Fsp3) is 0.0714. The number of para-hydroxylation sites is 1. The van der Waals surface area contributed by atoms with Crippen molar-refractivity contribution < 1.29 is 4.79 Å². The summed E-state index contributed by atoms with van der Waals surface area (Å²) in [4.78, 5) is 11.9. The lowest BCUT2D eigenvalue weighted by Crippen LogP contribution is -2.20. The van der Waals surface area contributed by atoms with Gasteiger partial charge in [0.1, 0.15) is 0 Å². The van der Waals surface area contributed by atoms with Gasteiger partial charge in [-0.2, -0.15) is 0 Å². The Bertz CT molecular complexity index is 616. The van der Waals surface area contributed by atoms with E-state index in [1.54, 1.807) is 12.1 Å². The van der Waals surface area contributed by atoms with E-state index in [1.165, 1.54) is 0 Å². The Morgan fingerprint density at radius 3 is 2.47 bits per heavy atom. The van der Waals surface area contributed by atoms with Crippen LogP contribution in [-0.4, -0.2) is 6.03 Å². The molecule has 0 saturated heterocycles. The van der Waals surface area contributed by atoms with Crippen molar-refractivity contribution in [3.05, 3.63) is 57.5 Å². The van der Waals surface area contributed by atoms with E-state index >= 15 is 0 Å². The molecule has 0 aliphatic rings. The summed E-state index contributed by atoms with van der Waals surface area (Å²) in [6, 6.07) is 12.4. The van der Waals surface area contributed by atoms with Crippen molar-refractivity contribution in [3.8, 4) is 0 Å². The number of aryl methyl sites for hydroxylation is 1. The van der Waals surface area contributed by atoms with Gasteiger partial charge in [-0.25, -0.2) is 4.79 Å². The molecule has 0 fully saturated rings. The highest BCUT2D eigenvalue weighted by Gasteiger charge is 2.07. The van der Waals surface area contributed by atoms with Crippen LogP contribution in [0.2, 0.25) is 5.02 Å². The van der Waals surface area contributed by atoms with Gasteiger partial charge in [0, 0.05) is 10.2 Å². The fourth-order valence-electron chi connectivity index (χ4n) is 1.61. The van der Waals surface area contributed by atoms with Crippen LogP contribution in [-0.2, 0) is 0 Å². The van der Waals surface area contributed by atoms with Gasteiger partial charge in [-0.15, -0.1) is 0 Å². The van der Waals surface area contributed by atoms with Crippen LogP contribution in [0.15, 0.2) is 46.9 Å². The molecule has 5 heteroatoms. The Hall–Kier alpha value is -1.52. The SMILES string of the molecule is Cc1cc(Br)ccc1NC(=O)Nc1ccccc1Cl. The zero-order valence-corrected chi connectivity index (χ0v) is 12.5. The molecule has 19 heavy (non-hydrogen) atoms. The first-order valence-corrected chi connectivity index (χ1v) is 6.82. The molecule has 2 aromatic rings. The number of anilines is 2. The minimum Gasteiger partial charge on any atom is -0.307 e. The summed E-state index contributed by atoms with van der Waals surface area (Å²) in [5.74, 6) is 0. The first-order valence-electron chi connectivity index (χ1n) is 5.65. The molecule has 2 amide bonds. The van der Waals surface area contributed by atoms with Crippen LogP contribution in [0.5, 0.6) is 0 Å². The van der Waals surface area contributed by atoms with Crippen LogP contribution < -0.4 is 10.6 Å². The molecule has 98 valence electrons. The van der Waals surface area contributed by atoms with Crippen molar-refractivity contribution in [1.29, 1.82) is 0 Å². The first kappa shape index (κ1) is 13.9. The summed E-state index contributed by atoms with van der Waals surface area (Å²) < 4.78 is 0.974. The molecule has 0 saturated carbocycles. The average Bonchev–Trinajstić information content (AvgIpc) is 2.36. The number of amides is 2. The Morgan fingerprint density at radius 2 is 1.79 bits per heavy atom. The molecular formula is C14H12BrClN2O. The van der Waals surface area contributed by atoms with E-state index in [2.05, 4.69) is 26.6 Å². The van der Waals surface area contributed by atoms with Crippen LogP contribution in [0.25, 0.3) is 0 Å². The normalized spacial score (nSPS) is 10.1. The van der Waals surface area contributed by atoms with Gasteiger partial charge in [0.15, 0.2) is 0 Å². The van der Waals surface area contributed by atoms with Gasteiger partial charge in [-0.1, -0.05) is 39.7 Å². The van der Waals surface area contributed by atoms with E-state index < -0.39 is 0 Å². The number of rotatable bonds is 2. The van der Waals surface area contributed by atoms with Gasteiger partial charge in [0.2, 0.25) is 0 Å². The number of carbonyl (C=O) groups is 1. The molecule has 0 aliphatic heterocycles. The number of hydrogen-bond acceptors (Lipinski definition) is 1. The second-order valence-electron chi connectivity index (χ2n) is 4.02. The van der Waals surface area contributed by atoms with E-state index in [-0.39, 0.29) is 6.03 Å². The van der Waals surface area contributed by atoms with Crippen molar-refractivity contribution in [2.24, 2.45) is 0 Å². The van der Waals surface area contributed by atoms with Gasteiger partial charge >= 0.3 is 6.03 Å². The maximum Gasteiger partial charge on any atom is 0.323 e. The maximum atomic E-state index is 11.9. The predicted octanol–water partition coefficient (Wildman–Crippen LogP) is 5.05. The van der Waals surface area contributed by atoms with E-state index in [4.69, 9.17) is 11.6 Å². The molecule has 0 aliphatic carbocycles. The molecule has 2 N–H and O–H groups in total. The minimum absolute atomic E-state index is 0.321. The number of carbonyl (C=O) groups excluding carboxylic acids is 1. The second-order valence-corrected chi connectivity index (χ2v) is 5.34. The lowest BCUT2D eigenvalue weighted by molar-refractivity contribution is 0.262. The number of hydrogen-bond donors (Lipinski definition) is 2. The zero-order chi connectivity index (χ0) is 13.8. The van der Waals surface area contributed by atoms with Crippen molar-refractivity contribution in [3.63, 3.8) is 0 Å². The zero-order valence-electron chi connectivity index (χ0n) is 10.2. The summed E-state index contributed by atoms with van der Waals surface area (Å²) in [6.07, 6.45) is 0. The highest BCUT2D eigenvalue weighted by molar-refractivity contribution is 9.10. The standard InChI is InChI=1S/C14H12BrClN2O/c1-9-8-10(15)6-7-12(9)17-14(19)18-13-5-3-2-4-11(13)16/h2-8H,1H3,(H2,17,18,19). The number of halogens is 2. The summed E-state index contributed by atoms with van der Waals surface area (Å²) in [5.41, 5.74) is 2.31. The third kappa shape index (κ3) is 3.72. The van der Waals surface area contributed by atoms with Crippen LogP contribution in [0, 0.1) is 6.92 Å². The molecule has 0 bridgehead atoms. The van der Waals surface area contributed by atoms with Gasteiger partial charge < -0.3 is 10.6 Å². The topological polar surface area (TPSA) is 41.1 Å². The summed E-state index contributed by atoms with van der Waals surface area (Å²) >= 11 is 9.35. The smallest absolute Gasteiger partial charge is 0.307 e. The lowest BCUT2D eigenvalue weighted by Gasteiger charge is -2.11. The molecular weight excluding hydrogens is 328 g/mol. The van der Waals surface area contributed by atoms with Crippen LogP contribution in [0.3, 0.4) is 0 Å². The fourth-order valence-corrected chi connectivity index (χ4v) is 2.26. The third-order valence-electron chi connectivity index (χ3n) is 2.56. The van der Waals surface area contributed by atoms with E-state index in [1.807, 2.05) is 37.3 Å². The quantitative estimate of drug-likeness (QED) is 0.789. The minimum atomic E-state index is -0.321. The Balaban J connectivity index is 2.08. The van der Waals surface area contributed by atoms with Crippen molar-refractivity contribution >= 4 is 44.9 Å². The first-order chi connectivity index (χ1) is 9.06. The third-order valence-corrected chi connectivity index (χ3v) is 3.38. The summed E-state index contributed by atoms with van der Waals surface area (Å²) in [7, 11) is 0. The largest absolute Gasteiger partial charge is 0.323 e. The highest BCUT2D eigenvalue weighted by atomic mass is 79.9. The Kier molecular flexibility index (Phi) is 4.45. The van der Waals surface area contributed by atoms with Crippen molar-refractivity contribution in [1.82, 2.24) is 0 Å². The predicted molar refractivity (Wildman–Crippen MR) is 83.0 cm³/mol. The number of nitrogens with one attached hydrogen (secondary N) is 2. The monoisotopic (exact) mass is 338 g/mol. The molecule has 0 radical (unpaired) electrons. The molecule has 0 unspecified atom stereocenters. The maximum absolute atomic E-state index is 11.9. The van der Waals surface area contributed by atoms with Crippen LogP contribution >= 0.6 is 27.5 Å². The molecule has 0 spiro atoms. The highest BCUT2D eigenvalue weighted by Crippen LogP contribution is 2.22. The molecule has 0 heterocycles. The second kappa shape index (κ2) is 6.08. The van der Waals surface area contributed by atoms with Gasteiger partial charge in [0.05, 0.1) is 10.7 Å². The van der Waals surface area contributed by atoms with Crippen LogP contribution in [0.4, 0.5) is 16.2 Å².